The molecule has 0 unspecified atom stereocenters. The van der Waals surface area contributed by atoms with Crippen molar-refractivity contribution in [2.24, 2.45) is 0 Å². The van der Waals surface area contributed by atoms with Crippen molar-refractivity contribution in [3.8, 4) is 0 Å². The second-order valence-corrected chi connectivity index (χ2v) is 6.78. The van der Waals surface area contributed by atoms with Crippen molar-refractivity contribution in [2.45, 2.75) is 5.03 Å². The van der Waals surface area contributed by atoms with Gasteiger partial charge in [-0.15, -0.1) is 11.8 Å². The van der Waals surface area contributed by atoms with Crippen LogP contribution in [0.5, 0.6) is 0 Å². The number of piperazine rings is 1. The van der Waals surface area contributed by atoms with Crippen LogP contribution >= 0.6 is 11.8 Å². The van der Waals surface area contributed by atoms with Crippen molar-refractivity contribution in [1.82, 2.24) is 15.2 Å². The van der Waals surface area contributed by atoms with E-state index in [-0.39, 0.29) is 5.91 Å². The number of para-hydroxylation sites is 1. The van der Waals surface area contributed by atoms with E-state index in [1.54, 1.807) is 12.3 Å². The summed E-state index contributed by atoms with van der Waals surface area (Å²) in [5.74, 6) is -0.0413. The van der Waals surface area contributed by atoms with E-state index in [9.17, 15) is 4.79 Å². The number of pyridine rings is 1. The molecule has 25 heavy (non-hydrogen) atoms. The van der Waals surface area contributed by atoms with Crippen LogP contribution in [0.15, 0.2) is 53.7 Å². The second kappa shape index (κ2) is 8.87. The van der Waals surface area contributed by atoms with Crippen LogP contribution in [0.25, 0.3) is 0 Å². The Morgan fingerprint density at radius 2 is 1.88 bits per heavy atom. The third-order valence-electron chi connectivity index (χ3n) is 4.42. The van der Waals surface area contributed by atoms with E-state index >= 15 is 0 Å². The van der Waals surface area contributed by atoms with E-state index in [1.165, 1.54) is 17.4 Å². The monoisotopic (exact) mass is 356 g/mol. The van der Waals surface area contributed by atoms with Gasteiger partial charge in [-0.05, 0) is 30.5 Å². The van der Waals surface area contributed by atoms with Crippen LogP contribution in [-0.2, 0) is 0 Å². The van der Waals surface area contributed by atoms with E-state index < -0.39 is 0 Å². The van der Waals surface area contributed by atoms with Gasteiger partial charge < -0.3 is 10.2 Å². The molecule has 2 aromatic rings. The average molecular weight is 356 g/mol. The molecule has 6 heteroatoms. The van der Waals surface area contributed by atoms with Crippen molar-refractivity contribution >= 4 is 23.4 Å². The Bertz CT molecular complexity index is 687. The van der Waals surface area contributed by atoms with Crippen LogP contribution in [0.4, 0.5) is 5.69 Å². The molecule has 1 fully saturated rings. The molecule has 1 aromatic heterocycles. The summed E-state index contributed by atoms with van der Waals surface area (Å²) in [6.07, 6.45) is 3.65. The SMILES string of the molecule is CSc1ncccc1C(=O)NCCN1CCN(c2ccccc2)CC1. The number of carbonyl (C=O) groups excluding carboxylic acids is 1. The van der Waals surface area contributed by atoms with Gasteiger partial charge in [-0.25, -0.2) is 4.98 Å². The lowest BCUT2D eigenvalue weighted by atomic mass is 10.2. The van der Waals surface area contributed by atoms with E-state index in [2.05, 4.69) is 44.4 Å². The number of hydrogen-bond acceptors (Lipinski definition) is 5. The Kier molecular flexibility index (Phi) is 6.30. The molecule has 1 saturated heterocycles. The number of rotatable bonds is 6. The van der Waals surface area contributed by atoms with Gasteiger partial charge in [0.2, 0.25) is 0 Å². The van der Waals surface area contributed by atoms with E-state index in [4.69, 9.17) is 0 Å². The maximum atomic E-state index is 12.3. The minimum atomic E-state index is -0.0413. The van der Waals surface area contributed by atoms with Gasteiger partial charge >= 0.3 is 0 Å². The molecule has 0 radical (unpaired) electrons. The zero-order chi connectivity index (χ0) is 17.5. The Morgan fingerprint density at radius 1 is 1.12 bits per heavy atom. The summed E-state index contributed by atoms with van der Waals surface area (Å²) in [5.41, 5.74) is 1.94. The lowest BCUT2D eigenvalue weighted by molar-refractivity contribution is 0.0944. The van der Waals surface area contributed by atoms with Crippen molar-refractivity contribution in [1.29, 1.82) is 0 Å². The van der Waals surface area contributed by atoms with Gasteiger partial charge in [-0.3, -0.25) is 9.69 Å². The highest BCUT2D eigenvalue weighted by Gasteiger charge is 2.17. The molecule has 0 atom stereocenters. The molecule has 2 heterocycles. The zero-order valence-electron chi connectivity index (χ0n) is 14.5. The fourth-order valence-electron chi connectivity index (χ4n) is 3.02. The van der Waals surface area contributed by atoms with Crippen molar-refractivity contribution in [3.05, 3.63) is 54.2 Å². The molecule has 132 valence electrons. The Hall–Kier alpha value is -2.05. The predicted octanol–water partition coefficient (Wildman–Crippen LogP) is 2.36. The maximum absolute atomic E-state index is 12.3. The smallest absolute Gasteiger partial charge is 0.254 e. The minimum absolute atomic E-state index is 0.0413. The van der Waals surface area contributed by atoms with Gasteiger partial charge in [0.15, 0.2) is 0 Å². The van der Waals surface area contributed by atoms with Crippen molar-refractivity contribution < 1.29 is 4.79 Å². The van der Waals surface area contributed by atoms with Gasteiger partial charge in [0, 0.05) is 51.2 Å². The number of aromatic nitrogens is 1. The largest absolute Gasteiger partial charge is 0.369 e. The van der Waals surface area contributed by atoms with Gasteiger partial charge in [0.05, 0.1) is 5.56 Å². The van der Waals surface area contributed by atoms with Gasteiger partial charge in [-0.2, -0.15) is 0 Å². The van der Waals surface area contributed by atoms with Crippen LogP contribution in [0.2, 0.25) is 0 Å². The van der Waals surface area contributed by atoms with E-state index in [0.717, 1.165) is 37.7 Å². The van der Waals surface area contributed by atoms with Gasteiger partial charge in [-0.1, -0.05) is 18.2 Å². The summed E-state index contributed by atoms with van der Waals surface area (Å²) < 4.78 is 0. The first-order chi connectivity index (χ1) is 12.3. The fourth-order valence-corrected chi connectivity index (χ4v) is 3.56. The first-order valence-corrected chi connectivity index (χ1v) is 9.80. The molecule has 0 saturated carbocycles. The summed E-state index contributed by atoms with van der Waals surface area (Å²) in [6, 6.07) is 14.2. The molecule has 0 spiro atoms. The number of nitrogens with one attached hydrogen (secondary N) is 1. The second-order valence-electron chi connectivity index (χ2n) is 5.98. The number of carbonyl (C=O) groups is 1. The Balaban J connectivity index is 1.42. The quantitative estimate of drug-likeness (QED) is 0.805. The van der Waals surface area contributed by atoms with E-state index in [1.807, 2.05) is 18.4 Å². The summed E-state index contributed by atoms with van der Waals surface area (Å²) >= 11 is 1.50. The first kappa shape index (κ1) is 17.8. The van der Waals surface area contributed by atoms with Crippen LogP contribution < -0.4 is 10.2 Å². The molecular formula is C19H24N4OS. The van der Waals surface area contributed by atoms with Crippen LogP contribution in [0.1, 0.15) is 10.4 Å². The topological polar surface area (TPSA) is 48.5 Å². The lowest BCUT2D eigenvalue weighted by Gasteiger charge is -2.36. The average Bonchev–Trinajstić information content (AvgIpc) is 2.69. The molecular weight excluding hydrogens is 332 g/mol. The minimum Gasteiger partial charge on any atom is -0.369 e. The highest BCUT2D eigenvalue weighted by Crippen LogP contribution is 2.17. The van der Waals surface area contributed by atoms with Crippen molar-refractivity contribution in [2.75, 3.05) is 50.4 Å². The number of hydrogen-bond donors (Lipinski definition) is 1. The molecule has 5 nitrogen and oxygen atoms in total. The fraction of sp³-hybridized carbons (Fsp3) is 0.368. The van der Waals surface area contributed by atoms with Crippen LogP contribution in [0, 0.1) is 0 Å². The summed E-state index contributed by atoms with van der Waals surface area (Å²) in [6.45, 7) is 5.63. The number of benzene rings is 1. The first-order valence-electron chi connectivity index (χ1n) is 8.57. The molecule has 1 amide bonds. The summed E-state index contributed by atoms with van der Waals surface area (Å²) in [4.78, 5) is 21.4. The third-order valence-corrected chi connectivity index (χ3v) is 5.13. The normalized spacial score (nSPS) is 15.2. The lowest BCUT2D eigenvalue weighted by Crippen LogP contribution is -2.48. The van der Waals surface area contributed by atoms with Gasteiger partial charge in [0.1, 0.15) is 5.03 Å². The molecule has 0 aliphatic carbocycles. The van der Waals surface area contributed by atoms with Crippen molar-refractivity contribution in [3.63, 3.8) is 0 Å². The zero-order valence-corrected chi connectivity index (χ0v) is 15.3. The number of thioether (sulfide) groups is 1. The number of amides is 1. The molecule has 3 rings (SSSR count). The number of anilines is 1. The molecule has 1 aromatic carbocycles. The highest BCUT2D eigenvalue weighted by atomic mass is 32.2. The maximum Gasteiger partial charge on any atom is 0.254 e. The Morgan fingerprint density at radius 3 is 2.60 bits per heavy atom. The molecule has 1 aliphatic rings. The van der Waals surface area contributed by atoms with Crippen LogP contribution in [-0.4, -0.2) is 61.3 Å². The molecule has 1 aliphatic heterocycles. The summed E-state index contributed by atoms with van der Waals surface area (Å²) in [7, 11) is 0. The number of nitrogens with zero attached hydrogens (tertiary/aromatic N) is 3. The summed E-state index contributed by atoms with van der Waals surface area (Å²) in [5, 5.41) is 3.79. The van der Waals surface area contributed by atoms with E-state index in [0.29, 0.717) is 12.1 Å². The highest BCUT2D eigenvalue weighted by molar-refractivity contribution is 7.98. The Labute approximate surface area is 153 Å². The third kappa shape index (κ3) is 4.74. The van der Waals surface area contributed by atoms with Crippen LogP contribution in [0.3, 0.4) is 0 Å². The van der Waals surface area contributed by atoms with Gasteiger partial charge in [0.25, 0.3) is 5.91 Å². The standard InChI is InChI=1S/C19H24N4OS/c1-25-19-17(8-5-9-21-19)18(24)20-10-11-22-12-14-23(15-13-22)16-6-3-2-4-7-16/h2-9H,10-15H2,1H3,(H,20,24). The predicted molar refractivity (Wildman–Crippen MR) is 103 cm³/mol. The molecule has 0 bridgehead atoms. The molecule has 1 N–H and O–H groups in total.